The van der Waals surface area contributed by atoms with Crippen LogP contribution in [0.5, 0.6) is 0 Å². The van der Waals surface area contributed by atoms with Gasteiger partial charge in [-0.3, -0.25) is 4.79 Å². The average molecular weight is 317 g/mol. The summed E-state index contributed by atoms with van der Waals surface area (Å²) in [5.41, 5.74) is 3.93. The highest BCUT2D eigenvalue weighted by Gasteiger charge is 2.09. The van der Waals surface area contributed by atoms with Gasteiger partial charge in [0.2, 0.25) is 5.91 Å². The van der Waals surface area contributed by atoms with Gasteiger partial charge in [-0.25, -0.2) is 0 Å². The molecule has 0 bridgehead atoms. The van der Waals surface area contributed by atoms with E-state index in [0.29, 0.717) is 10.9 Å². The van der Waals surface area contributed by atoms with E-state index in [1.807, 2.05) is 49.4 Å². The lowest BCUT2D eigenvalue weighted by Gasteiger charge is -2.14. The van der Waals surface area contributed by atoms with Crippen LogP contribution >= 0.6 is 11.6 Å². The first-order valence-corrected chi connectivity index (χ1v) is 7.74. The molecule has 0 saturated heterocycles. The van der Waals surface area contributed by atoms with E-state index in [2.05, 4.69) is 24.5 Å². The van der Waals surface area contributed by atoms with E-state index in [0.717, 1.165) is 22.5 Å². The lowest BCUT2D eigenvalue weighted by Crippen LogP contribution is -2.22. The Morgan fingerprint density at radius 1 is 1.14 bits per heavy atom. The summed E-state index contributed by atoms with van der Waals surface area (Å²) in [6.45, 7) is 6.40. The summed E-state index contributed by atoms with van der Waals surface area (Å²) >= 11 is 5.98. The van der Waals surface area contributed by atoms with Crippen molar-refractivity contribution in [1.82, 2.24) is 0 Å². The van der Waals surface area contributed by atoms with Crippen molar-refractivity contribution in [3.8, 4) is 0 Å². The molecule has 0 spiro atoms. The molecule has 4 heteroatoms. The van der Waals surface area contributed by atoms with Gasteiger partial charge in [0.1, 0.15) is 0 Å². The lowest BCUT2D eigenvalue weighted by atomic mass is 10.0. The molecule has 0 aliphatic heterocycles. The second-order valence-corrected chi connectivity index (χ2v) is 6.04. The van der Waals surface area contributed by atoms with Gasteiger partial charge in [-0.05, 0) is 42.2 Å². The molecule has 0 saturated carbocycles. The molecule has 0 fully saturated rings. The number of hydrogen-bond acceptors (Lipinski definition) is 2. The quantitative estimate of drug-likeness (QED) is 0.830. The van der Waals surface area contributed by atoms with Gasteiger partial charge in [-0.1, -0.05) is 49.7 Å². The van der Waals surface area contributed by atoms with Gasteiger partial charge in [0.25, 0.3) is 0 Å². The number of benzene rings is 2. The highest BCUT2D eigenvalue weighted by Crippen LogP contribution is 2.24. The van der Waals surface area contributed by atoms with E-state index in [1.165, 1.54) is 0 Å². The van der Waals surface area contributed by atoms with E-state index in [-0.39, 0.29) is 12.5 Å². The molecular formula is C18H21ClN2O. The number of para-hydroxylation sites is 1. The van der Waals surface area contributed by atoms with Crippen molar-refractivity contribution in [1.29, 1.82) is 0 Å². The Kier molecular flexibility index (Phi) is 5.45. The molecule has 0 aromatic heterocycles. The Labute approximate surface area is 136 Å². The number of anilines is 2. The normalized spacial score (nSPS) is 10.6. The maximum absolute atomic E-state index is 12.2. The van der Waals surface area contributed by atoms with Crippen LogP contribution in [0.15, 0.2) is 42.5 Å². The topological polar surface area (TPSA) is 41.1 Å². The monoisotopic (exact) mass is 316 g/mol. The zero-order valence-corrected chi connectivity index (χ0v) is 13.9. The van der Waals surface area contributed by atoms with Crippen LogP contribution in [0.1, 0.15) is 30.9 Å². The van der Waals surface area contributed by atoms with E-state index < -0.39 is 0 Å². The Hall–Kier alpha value is -2.00. The third-order valence-electron chi connectivity index (χ3n) is 3.50. The minimum Gasteiger partial charge on any atom is -0.376 e. The van der Waals surface area contributed by atoms with Gasteiger partial charge in [-0.2, -0.15) is 0 Å². The number of carbonyl (C=O) groups is 1. The molecule has 0 atom stereocenters. The van der Waals surface area contributed by atoms with Crippen LogP contribution in [-0.4, -0.2) is 12.5 Å². The third-order valence-corrected chi connectivity index (χ3v) is 3.73. The van der Waals surface area contributed by atoms with Crippen molar-refractivity contribution in [2.75, 3.05) is 17.2 Å². The molecule has 116 valence electrons. The molecule has 22 heavy (non-hydrogen) atoms. The molecule has 0 radical (unpaired) electrons. The molecule has 3 nitrogen and oxygen atoms in total. The van der Waals surface area contributed by atoms with Gasteiger partial charge in [-0.15, -0.1) is 0 Å². The molecule has 0 aliphatic rings. The number of carbonyl (C=O) groups excluding carboxylic acids is 1. The maximum atomic E-state index is 12.2. The predicted molar refractivity (Wildman–Crippen MR) is 93.8 cm³/mol. The van der Waals surface area contributed by atoms with Crippen LogP contribution < -0.4 is 10.6 Å². The Morgan fingerprint density at radius 3 is 2.59 bits per heavy atom. The summed E-state index contributed by atoms with van der Waals surface area (Å²) in [6, 6.07) is 13.5. The van der Waals surface area contributed by atoms with Crippen LogP contribution in [-0.2, 0) is 4.79 Å². The lowest BCUT2D eigenvalue weighted by molar-refractivity contribution is -0.114. The van der Waals surface area contributed by atoms with Crippen molar-refractivity contribution in [3.63, 3.8) is 0 Å². The molecule has 0 heterocycles. The largest absolute Gasteiger partial charge is 0.376 e. The van der Waals surface area contributed by atoms with Gasteiger partial charge < -0.3 is 10.6 Å². The SMILES string of the molecule is Cc1ccc(Cl)cc1NCC(=O)Nc1ccccc1C(C)C. The summed E-state index contributed by atoms with van der Waals surface area (Å²) in [4.78, 5) is 12.2. The van der Waals surface area contributed by atoms with Crippen LogP contribution in [0.4, 0.5) is 11.4 Å². The fourth-order valence-corrected chi connectivity index (χ4v) is 2.44. The fourth-order valence-electron chi connectivity index (χ4n) is 2.27. The molecule has 0 aliphatic carbocycles. The number of amides is 1. The van der Waals surface area contributed by atoms with Crippen molar-refractivity contribution in [2.45, 2.75) is 26.7 Å². The maximum Gasteiger partial charge on any atom is 0.243 e. The minimum atomic E-state index is -0.0764. The van der Waals surface area contributed by atoms with E-state index in [4.69, 9.17) is 11.6 Å². The van der Waals surface area contributed by atoms with Gasteiger partial charge in [0, 0.05) is 16.4 Å². The van der Waals surface area contributed by atoms with Gasteiger partial charge in [0.05, 0.1) is 6.54 Å². The smallest absolute Gasteiger partial charge is 0.243 e. The second kappa shape index (κ2) is 7.32. The molecular weight excluding hydrogens is 296 g/mol. The van der Waals surface area contributed by atoms with Crippen molar-refractivity contribution >= 4 is 28.9 Å². The Morgan fingerprint density at radius 2 is 1.86 bits per heavy atom. The average Bonchev–Trinajstić information content (AvgIpc) is 2.48. The van der Waals surface area contributed by atoms with Crippen molar-refractivity contribution in [2.24, 2.45) is 0 Å². The minimum absolute atomic E-state index is 0.0764. The summed E-state index contributed by atoms with van der Waals surface area (Å²) in [5, 5.41) is 6.74. The first-order valence-electron chi connectivity index (χ1n) is 7.36. The number of halogens is 1. The molecule has 0 unspecified atom stereocenters. The molecule has 2 N–H and O–H groups in total. The fraction of sp³-hybridized carbons (Fsp3) is 0.278. The predicted octanol–water partition coefficient (Wildman–Crippen LogP) is 4.82. The summed E-state index contributed by atoms with van der Waals surface area (Å²) < 4.78 is 0. The first-order chi connectivity index (χ1) is 10.5. The van der Waals surface area contributed by atoms with Crippen LogP contribution in [0.25, 0.3) is 0 Å². The highest BCUT2D eigenvalue weighted by atomic mass is 35.5. The van der Waals surface area contributed by atoms with Crippen molar-refractivity contribution in [3.05, 3.63) is 58.6 Å². The van der Waals surface area contributed by atoms with Gasteiger partial charge >= 0.3 is 0 Å². The highest BCUT2D eigenvalue weighted by molar-refractivity contribution is 6.30. The molecule has 2 aromatic carbocycles. The number of hydrogen-bond donors (Lipinski definition) is 2. The second-order valence-electron chi connectivity index (χ2n) is 5.60. The standard InChI is InChI=1S/C18H21ClN2O/c1-12(2)15-6-4-5-7-16(15)21-18(22)11-20-17-10-14(19)9-8-13(17)3/h4-10,12,20H,11H2,1-3H3,(H,21,22). The number of rotatable bonds is 5. The van der Waals surface area contributed by atoms with Gasteiger partial charge in [0.15, 0.2) is 0 Å². The number of aryl methyl sites for hydroxylation is 1. The van der Waals surface area contributed by atoms with Crippen LogP contribution in [0.2, 0.25) is 5.02 Å². The molecule has 2 rings (SSSR count). The van der Waals surface area contributed by atoms with Crippen LogP contribution in [0.3, 0.4) is 0 Å². The van der Waals surface area contributed by atoms with E-state index in [1.54, 1.807) is 0 Å². The number of nitrogens with one attached hydrogen (secondary N) is 2. The molecule has 2 aromatic rings. The van der Waals surface area contributed by atoms with E-state index in [9.17, 15) is 4.79 Å². The Balaban J connectivity index is 2.01. The zero-order chi connectivity index (χ0) is 16.1. The third kappa shape index (κ3) is 4.25. The summed E-state index contributed by atoms with van der Waals surface area (Å²) in [5.74, 6) is 0.284. The van der Waals surface area contributed by atoms with Crippen LogP contribution in [0, 0.1) is 6.92 Å². The molecule has 1 amide bonds. The zero-order valence-electron chi connectivity index (χ0n) is 13.1. The summed E-state index contributed by atoms with van der Waals surface area (Å²) in [7, 11) is 0. The Bertz CT molecular complexity index is 668. The first kappa shape index (κ1) is 16.4. The van der Waals surface area contributed by atoms with Crippen molar-refractivity contribution < 1.29 is 4.79 Å². The summed E-state index contributed by atoms with van der Waals surface area (Å²) in [6.07, 6.45) is 0. The van der Waals surface area contributed by atoms with E-state index >= 15 is 0 Å².